The van der Waals surface area contributed by atoms with Crippen LogP contribution in [0, 0.1) is 0 Å². The highest BCUT2D eigenvalue weighted by atomic mass is 16.5. The molecular weight excluding hydrogens is 524 g/mol. The number of hydrogen-bond acceptors (Lipinski definition) is 5. The van der Waals surface area contributed by atoms with Crippen LogP contribution in [0.5, 0.6) is 23.0 Å². The van der Waals surface area contributed by atoms with Crippen LogP contribution in [-0.4, -0.2) is 32.2 Å². The van der Waals surface area contributed by atoms with E-state index in [9.17, 15) is 4.79 Å². The zero-order valence-electron chi connectivity index (χ0n) is 24.4. The van der Waals surface area contributed by atoms with Gasteiger partial charge in [0.1, 0.15) is 0 Å². The molecule has 0 unspecified atom stereocenters. The second kappa shape index (κ2) is 12.7. The van der Waals surface area contributed by atoms with E-state index in [4.69, 9.17) is 18.9 Å². The van der Waals surface area contributed by atoms with Gasteiger partial charge in [-0.25, -0.2) is 0 Å². The first-order valence-corrected chi connectivity index (χ1v) is 15.1. The Labute approximate surface area is 248 Å². The molecule has 6 rings (SSSR count). The van der Waals surface area contributed by atoms with Gasteiger partial charge in [-0.15, -0.1) is 0 Å². The molecular formula is C37H38O5. The van der Waals surface area contributed by atoms with Crippen LogP contribution >= 0.6 is 0 Å². The van der Waals surface area contributed by atoms with E-state index in [2.05, 4.69) is 0 Å². The minimum absolute atomic E-state index is 0.0376. The molecule has 5 nitrogen and oxygen atoms in total. The Kier molecular flexibility index (Phi) is 8.45. The van der Waals surface area contributed by atoms with E-state index in [-0.39, 0.29) is 18.0 Å². The minimum atomic E-state index is -0.0376. The summed E-state index contributed by atoms with van der Waals surface area (Å²) < 4.78 is 24.0. The monoisotopic (exact) mass is 562 g/mol. The summed E-state index contributed by atoms with van der Waals surface area (Å²) in [6.45, 7) is 0. The van der Waals surface area contributed by atoms with Gasteiger partial charge in [-0.1, -0.05) is 60.7 Å². The molecule has 0 spiro atoms. The predicted molar refractivity (Wildman–Crippen MR) is 166 cm³/mol. The van der Waals surface area contributed by atoms with Crippen molar-refractivity contribution in [2.75, 3.05) is 14.2 Å². The fourth-order valence-corrected chi connectivity index (χ4v) is 6.25. The molecule has 0 saturated heterocycles. The molecule has 2 saturated carbocycles. The number of rotatable bonds is 10. The third kappa shape index (κ3) is 5.87. The fraction of sp³-hybridized carbons (Fsp3) is 0.324. The van der Waals surface area contributed by atoms with Crippen molar-refractivity contribution >= 4 is 5.78 Å². The number of carbonyl (C=O) groups is 1. The summed E-state index contributed by atoms with van der Waals surface area (Å²) >= 11 is 0. The predicted octanol–water partition coefficient (Wildman–Crippen LogP) is 8.91. The van der Waals surface area contributed by atoms with Crippen LogP contribution in [0.3, 0.4) is 0 Å². The van der Waals surface area contributed by atoms with Gasteiger partial charge in [0, 0.05) is 11.1 Å². The maximum Gasteiger partial charge on any atom is 0.194 e. The van der Waals surface area contributed by atoms with Gasteiger partial charge >= 0.3 is 0 Å². The molecule has 0 aromatic heterocycles. The smallest absolute Gasteiger partial charge is 0.194 e. The largest absolute Gasteiger partial charge is 0.493 e. The van der Waals surface area contributed by atoms with Crippen molar-refractivity contribution < 1.29 is 23.7 Å². The van der Waals surface area contributed by atoms with Crippen LogP contribution < -0.4 is 18.9 Å². The number of ketones is 1. The van der Waals surface area contributed by atoms with Crippen molar-refractivity contribution in [2.45, 2.75) is 63.6 Å². The molecule has 2 fully saturated rings. The molecule has 216 valence electrons. The number of methoxy groups -OCH3 is 2. The van der Waals surface area contributed by atoms with Gasteiger partial charge in [-0.3, -0.25) is 4.79 Å². The first-order chi connectivity index (χ1) is 20.6. The lowest BCUT2D eigenvalue weighted by molar-refractivity contribution is 0.104. The highest BCUT2D eigenvalue weighted by molar-refractivity contribution is 6.16. The maximum absolute atomic E-state index is 14.3. The van der Waals surface area contributed by atoms with E-state index < -0.39 is 0 Å². The quantitative estimate of drug-likeness (QED) is 0.181. The van der Waals surface area contributed by atoms with Crippen LogP contribution in [-0.2, 0) is 0 Å². The molecule has 0 heterocycles. The SMILES string of the molecule is COc1ccc(-c2ccccc2C(=O)c2ccccc2-c2ccc(OC)c(OC3CCCC3)c2)cc1OC1CCCC1. The van der Waals surface area contributed by atoms with E-state index in [0.717, 1.165) is 59.4 Å². The number of benzene rings is 4. The van der Waals surface area contributed by atoms with Gasteiger partial charge in [0.25, 0.3) is 0 Å². The number of carbonyl (C=O) groups excluding carboxylic acids is 1. The molecule has 0 amide bonds. The molecule has 2 aliphatic rings. The third-order valence-corrected chi connectivity index (χ3v) is 8.48. The lowest BCUT2D eigenvalue weighted by Gasteiger charge is -2.19. The highest BCUT2D eigenvalue weighted by Crippen LogP contribution is 2.39. The summed E-state index contributed by atoms with van der Waals surface area (Å²) in [5.41, 5.74) is 4.83. The van der Waals surface area contributed by atoms with Crippen LogP contribution in [0.4, 0.5) is 0 Å². The van der Waals surface area contributed by atoms with Crippen LogP contribution in [0.1, 0.15) is 67.3 Å². The Bertz CT molecular complexity index is 1430. The molecule has 0 bridgehead atoms. The Hall–Kier alpha value is -4.25. The van der Waals surface area contributed by atoms with Crippen molar-refractivity contribution in [1.82, 2.24) is 0 Å². The summed E-state index contributed by atoms with van der Waals surface area (Å²) in [7, 11) is 3.32. The Morgan fingerprint density at radius 3 is 1.36 bits per heavy atom. The molecule has 4 aromatic rings. The van der Waals surface area contributed by atoms with E-state index in [0.29, 0.717) is 22.6 Å². The van der Waals surface area contributed by atoms with Crippen molar-refractivity contribution in [3.63, 3.8) is 0 Å². The van der Waals surface area contributed by atoms with E-state index in [1.54, 1.807) is 14.2 Å². The van der Waals surface area contributed by atoms with Gasteiger partial charge in [-0.2, -0.15) is 0 Å². The minimum Gasteiger partial charge on any atom is -0.493 e. The fourth-order valence-electron chi connectivity index (χ4n) is 6.25. The highest BCUT2D eigenvalue weighted by Gasteiger charge is 2.23. The van der Waals surface area contributed by atoms with Gasteiger partial charge < -0.3 is 18.9 Å². The standard InChI is InChI=1S/C37H38O5/c1-39-33-21-19-25(23-35(33)41-27-11-3-4-12-27)29-15-7-9-17-31(29)37(38)32-18-10-8-16-30(32)26-20-22-34(40-2)36(24-26)42-28-13-5-6-14-28/h7-10,15-24,27-28H,3-6,11-14H2,1-2H3. The van der Waals surface area contributed by atoms with Gasteiger partial charge in [0.15, 0.2) is 28.8 Å². The van der Waals surface area contributed by atoms with Crippen LogP contribution in [0.25, 0.3) is 22.3 Å². The molecule has 4 aromatic carbocycles. The molecule has 0 radical (unpaired) electrons. The lowest BCUT2D eigenvalue weighted by atomic mass is 9.90. The van der Waals surface area contributed by atoms with Crippen molar-refractivity contribution in [3.05, 3.63) is 96.1 Å². The van der Waals surface area contributed by atoms with Gasteiger partial charge in [0.05, 0.1) is 26.4 Å². The van der Waals surface area contributed by atoms with Crippen molar-refractivity contribution in [3.8, 4) is 45.3 Å². The van der Waals surface area contributed by atoms with E-state index in [1.807, 2.05) is 84.9 Å². The summed E-state index contributed by atoms with van der Waals surface area (Å²) in [6, 6.07) is 27.4. The maximum atomic E-state index is 14.3. The molecule has 5 heteroatoms. The van der Waals surface area contributed by atoms with Gasteiger partial charge in [-0.05, 0) is 97.9 Å². The third-order valence-electron chi connectivity index (χ3n) is 8.48. The van der Waals surface area contributed by atoms with Crippen LogP contribution in [0.15, 0.2) is 84.9 Å². The van der Waals surface area contributed by atoms with Crippen molar-refractivity contribution in [1.29, 1.82) is 0 Å². The number of hydrogen-bond donors (Lipinski definition) is 0. The van der Waals surface area contributed by atoms with Crippen LogP contribution in [0.2, 0.25) is 0 Å². The first kappa shape index (κ1) is 27.9. The lowest BCUT2D eigenvalue weighted by Crippen LogP contribution is -2.12. The Morgan fingerprint density at radius 1 is 0.548 bits per heavy atom. The number of ether oxygens (including phenoxy) is 4. The molecule has 42 heavy (non-hydrogen) atoms. The zero-order valence-corrected chi connectivity index (χ0v) is 24.4. The topological polar surface area (TPSA) is 54.0 Å². The molecule has 2 aliphatic carbocycles. The normalized spacial score (nSPS) is 15.5. The second-order valence-electron chi connectivity index (χ2n) is 11.2. The molecule has 0 aliphatic heterocycles. The first-order valence-electron chi connectivity index (χ1n) is 15.1. The average molecular weight is 563 g/mol. The summed E-state index contributed by atoms with van der Waals surface area (Å²) in [4.78, 5) is 14.3. The van der Waals surface area contributed by atoms with Gasteiger partial charge in [0.2, 0.25) is 0 Å². The van der Waals surface area contributed by atoms with E-state index >= 15 is 0 Å². The average Bonchev–Trinajstić information content (AvgIpc) is 3.75. The van der Waals surface area contributed by atoms with Crippen molar-refractivity contribution in [2.24, 2.45) is 0 Å². The summed E-state index contributed by atoms with van der Waals surface area (Å²) in [5.74, 6) is 2.81. The Balaban J connectivity index is 1.36. The van der Waals surface area contributed by atoms with E-state index in [1.165, 1.54) is 25.7 Å². The molecule has 0 N–H and O–H groups in total. The second-order valence-corrected chi connectivity index (χ2v) is 11.2. The summed E-state index contributed by atoms with van der Waals surface area (Å²) in [5, 5.41) is 0. The Morgan fingerprint density at radius 2 is 0.952 bits per heavy atom. The molecule has 0 atom stereocenters. The zero-order chi connectivity index (χ0) is 28.9. The summed E-state index contributed by atoms with van der Waals surface area (Å²) in [6.07, 6.45) is 9.36.